The van der Waals surface area contributed by atoms with Crippen LogP contribution in [0.3, 0.4) is 0 Å². The highest BCUT2D eigenvalue weighted by atomic mass is 15.1. The van der Waals surface area contributed by atoms with Gasteiger partial charge >= 0.3 is 0 Å². The Balaban J connectivity index is 1.09. The van der Waals surface area contributed by atoms with Crippen molar-refractivity contribution < 1.29 is 0 Å². The fourth-order valence-electron chi connectivity index (χ4n) is 6.37. The number of anilines is 3. The molecule has 2 heterocycles. The second-order valence-corrected chi connectivity index (χ2v) is 12.0. The molecule has 0 spiro atoms. The smallest absolute Gasteiger partial charge is 0.0894 e. The van der Waals surface area contributed by atoms with Gasteiger partial charge in [-0.3, -0.25) is 9.97 Å². The van der Waals surface area contributed by atoms with Gasteiger partial charge < -0.3 is 4.90 Å². The molecule has 0 fully saturated rings. The molecular formula is C44H29N5. The number of rotatable bonds is 6. The van der Waals surface area contributed by atoms with Crippen molar-refractivity contribution in [1.82, 2.24) is 19.9 Å². The second-order valence-electron chi connectivity index (χ2n) is 12.0. The molecule has 0 atom stereocenters. The summed E-state index contributed by atoms with van der Waals surface area (Å²) in [5.74, 6) is 0. The van der Waals surface area contributed by atoms with Crippen molar-refractivity contribution in [1.29, 1.82) is 0 Å². The van der Waals surface area contributed by atoms with E-state index in [4.69, 9.17) is 9.97 Å². The minimum atomic E-state index is 0.845. The van der Waals surface area contributed by atoms with E-state index in [2.05, 4.69) is 130 Å². The number of hydrogen-bond acceptors (Lipinski definition) is 5. The molecule has 9 rings (SSSR count). The Kier molecular flexibility index (Phi) is 7.06. The third-order valence-corrected chi connectivity index (χ3v) is 8.95. The summed E-state index contributed by atoms with van der Waals surface area (Å²) in [5.41, 5.74) is 12.8. The Morgan fingerprint density at radius 2 is 0.735 bits per heavy atom. The number of hydrogen-bond donors (Lipinski definition) is 0. The first-order valence-corrected chi connectivity index (χ1v) is 16.3. The molecule has 0 aliphatic carbocycles. The second kappa shape index (κ2) is 12.1. The van der Waals surface area contributed by atoms with Gasteiger partial charge in [-0.15, -0.1) is 0 Å². The van der Waals surface area contributed by atoms with Gasteiger partial charge in [0.25, 0.3) is 0 Å². The molecule has 5 heteroatoms. The van der Waals surface area contributed by atoms with Gasteiger partial charge in [-0.1, -0.05) is 97.1 Å². The maximum absolute atomic E-state index is 4.86. The van der Waals surface area contributed by atoms with Crippen molar-refractivity contribution in [3.63, 3.8) is 0 Å². The zero-order valence-corrected chi connectivity index (χ0v) is 26.5. The van der Waals surface area contributed by atoms with Crippen LogP contribution >= 0.6 is 0 Å². The van der Waals surface area contributed by atoms with Crippen molar-refractivity contribution in [3.8, 4) is 33.6 Å². The van der Waals surface area contributed by atoms with E-state index >= 15 is 0 Å². The highest BCUT2D eigenvalue weighted by Gasteiger charge is 2.15. The van der Waals surface area contributed by atoms with E-state index < -0.39 is 0 Å². The molecule has 0 saturated carbocycles. The molecule has 0 saturated heterocycles. The lowest BCUT2D eigenvalue weighted by Crippen LogP contribution is -2.09. The van der Waals surface area contributed by atoms with E-state index in [1.165, 1.54) is 21.9 Å². The van der Waals surface area contributed by atoms with E-state index in [1.54, 1.807) is 0 Å². The first-order chi connectivity index (χ1) is 24.2. The number of nitrogens with zero attached hydrogens (tertiary/aromatic N) is 5. The molecule has 0 aliphatic rings. The first kappa shape index (κ1) is 28.5. The average Bonchev–Trinajstić information content (AvgIpc) is 3.18. The molecule has 0 bridgehead atoms. The molecule has 7 aromatic carbocycles. The monoisotopic (exact) mass is 627 g/mol. The predicted molar refractivity (Wildman–Crippen MR) is 201 cm³/mol. The van der Waals surface area contributed by atoms with Crippen molar-refractivity contribution in [2.45, 2.75) is 0 Å². The van der Waals surface area contributed by atoms with Crippen molar-refractivity contribution in [2.24, 2.45) is 0 Å². The number of benzene rings is 7. The lowest BCUT2D eigenvalue weighted by molar-refractivity contribution is 1.26. The molecule has 0 aliphatic heterocycles. The average molecular weight is 628 g/mol. The maximum Gasteiger partial charge on any atom is 0.0894 e. The molecule has 9 aromatic rings. The lowest BCUT2D eigenvalue weighted by Gasteiger charge is -2.26. The third kappa shape index (κ3) is 5.53. The summed E-state index contributed by atoms with van der Waals surface area (Å²) in [6.07, 6.45) is 3.68. The Hall–Kier alpha value is -6.72. The quantitative estimate of drug-likeness (QED) is 0.184. The lowest BCUT2D eigenvalue weighted by atomic mass is 10.0. The van der Waals surface area contributed by atoms with Crippen LogP contribution in [0.1, 0.15) is 0 Å². The maximum atomic E-state index is 4.86. The summed E-state index contributed by atoms with van der Waals surface area (Å²) in [6.45, 7) is 0. The van der Waals surface area contributed by atoms with Crippen LogP contribution in [0.25, 0.3) is 66.5 Å². The van der Waals surface area contributed by atoms with Crippen LogP contribution in [0.2, 0.25) is 0 Å². The van der Waals surface area contributed by atoms with Crippen molar-refractivity contribution in [2.75, 3.05) is 4.90 Å². The molecule has 2 aromatic heterocycles. The SMILES string of the molecule is c1ccc2cc(-c3ccc(N(c4ccc(-c5cnc6ccccc6n5)cc4)c4ccc(-c5cnc6ccccc6n5)cc4)cc3)ccc2c1. The standard InChI is InChI=1S/C44H29N5/c1-2-8-34-27-35(14-13-30(34)7-1)31-15-21-36(22-16-31)49(37-23-17-32(18-24-37)43-28-45-39-9-3-5-11-41(39)47-43)38-25-19-33(20-26-38)44-29-46-40-10-4-6-12-42(40)48-44/h1-29H. The van der Waals surface area contributed by atoms with Crippen LogP contribution < -0.4 is 4.90 Å². The van der Waals surface area contributed by atoms with E-state index in [9.17, 15) is 0 Å². The van der Waals surface area contributed by atoms with Gasteiger partial charge in [0, 0.05) is 28.2 Å². The summed E-state index contributed by atoms with van der Waals surface area (Å²) in [5, 5.41) is 2.48. The van der Waals surface area contributed by atoms with Gasteiger partial charge in [0.15, 0.2) is 0 Å². The topological polar surface area (TPSA) is 54.8 Å². The Bertz CT molecular complexity index is 2300. The summed E-state index contributed by atoms with van der Waals surface area (Å²) >= 11 is 0. The Morgan fingerprint density at radius 3 is 1.24 bits per heavy atom. The van der Waals surface area contributed by atoms with E-state index in [1.807, 2.05) is 60.9 Å². The Labute approximate surface area is 283 Å². The van der Waals surface area contributed by atoms with Gasteiger partial charge in [-0.2, -0.15) is 0 Å². The molecule has 0 amide bonds. The van der Waals surface area contributed by atoms with Crippen molar-refractivity contribution >= 4 is 49.9 Å². The molecule has 0 N–H and O–H groups in total. The summed E-state index contributed by atoms with van der Waals surface area (Å²) in [7, 11) is 0. The number of aromatic nitrogens is 4. The van der Waals surface area contributed by atoms with Crippen LogP contribution in [0.4, 0.5) is 17.1 Å². The number of fused-ring (bicyclic) bond motifs is 3. The van der Waals surface area contributed by atoms with Gasteiger partial charge in [-0.25, -0.2) is 9.97 Å². The van der Waals surface area contributed by atoms with Crippen LogP contribution in [-0.2, 0) is 0 Å². The van der Waals surface area contributed by atoms with E-state index in [-0.39, 0.29) is 0 Å². The highest BCUT2D eigenvalue weighted by Crippen LogP contribution is 2.38. The van der Waals surface area contributed by atoms with Gasteiger partial charge in [-0.05, 0) is 88.6 Å². The number of para-hydroxylation sites is 4. The van der Waals surface area contributed by atoms with Crippen LogP contribution in [0.15, 0.2) is 176 Å². The first-order valence-electron chi connectivity index (χ1n) is 16.3. The minimum absolute atomic E-state index is 0.845. The molecule has 49 heavy (non-hydrogen) atoms. The van der Waals surface area contributed by atoms with Crippen LogP contribution in [-0.4, -0.2) is 19.9 Å². The summed E-state index contributed by atoms with van der Waals surface area (Å²) < 4.78 is 0. The van der Waals surface area contributed by atoms with Gasteiger partial charge in [0.05, 0.1) is 45.8 Å². The largest absolute Gasteiger partial charge is 0.311 e. The Morgan fingerprint density at radius 1 is 0.327 bits per heavy atom. The predicted octanol–water partition coefficient (Wildman–Crippen LogP) is 11.2. The minimum Gasteiger partial charge on any atom is -0.311 e. The normalized spacial score (nSPS) is 11.3. The molecule has 0 unspecified atom stereocenters. The highest BCUT2D eigenvalue weighted by molar-refractivity contribution is 5.88. The fourth-order valence-corrected chi connectivity index (χ4v) is 6.37. The summed E-state index contributed by atoms with van der Waals surface area (Å²) in [4.78, 5) is 21.3. The van der Waals surface area contributed by atoms with Gasteiger partial charge in [0.1, 0.15) is 0 Å². The van der Waals surface area contributed by atoms with Crippen LogP contribution in [0, 0.1) is 0 Å². The summed E-state index contributed by atoms with van der Waals surface area (Å²) in [6, 6.07) is 56.8. The molecule has 230 valence electrons. The fraction of sp³-hybridized carbons (Fsp3) is 0. The zero-order valence-electron chi connectivity index (χ0n) is 26.5. The zero-order chi connectivity index (χ0) is 32.6. The molecule has 0 radical (unpaired) electrons. The van der Waals surface area contributed by atoms with Gasteiger partial charge in [0.2, 0.25) is 0 Å². The van der Waals surface area contributed by atoms with Crippen molar-refractivity contribution in [3.05, 3.63) is 176 Å². The molecule has 5 nitrogen and oxygen atoms in total. The van der Waals surface area contributed by atoms with E-state index in [0.29, 0.717) is 0 Å². The van der Waals surface area contributed by atoms with Crippen LogP contribution in [0.5, 0.6) is 0 Å². The third-order valence-electron chi connectivity index (χ3n) is 8.95. The van der Waals surface area contributed by atoms with E-state index in [0.717, 1.165) is 61.6 Å². The molecular weight excluding hydrogens is 599 g/mol.